The van der Waals surface area contributed by atoms with Crippen molar-refractivity contribution in [1.29, 1.82) is 0 Å². The third-order valence-electron chi connectivity index (χ3n) is 2.97. The van der Waals surface area contributed by atoms with Gasteiger partial charge < -0.3 is 0 Å². The number of hydrogen-bond acceptors (Lipinski definition) is 4. The zero-order chi connectivity index (χ0) is 16.1. The first-order valence-electron chi connectivity index (χ1n) is 6.73. The summed E-state index contributed by atoms with van der Waals surface area (Å²) in [5, 5.41) is 2.47. The molecule has 1 heterocycles. The number of ketones is 1. The van der Waals surface area contributed by atoms with Crippen molar-refractivity contribution in [3.63, 3.8) is 0 Å². The molecule has 1 aromatic heterocycles. The van der Waals surface area contributed by atoms with E-state index in [1.165, 1.54) is 24.3 Å². The average Bonchev–Trinajstić information content (AvgIpc) is 2.94. The van der Waals surface area contributed by atoms with Crippen LogP contribution in [0.4, 0.5) is 5.13 Å². The molecule has 4 nitrogen and oxygen atoms in total. The summed E-state index contributed by atoms with van der Waals surface area (Å²) in [7, 11) is 0. The van der Waals surface area contributed by atoms with E-state index >= 15 is 0 Å². The van der Waals surface area contributed by atoms with Crippen LogP contribution >= 0.6 is 27.3 Å². The van der Waals surface area contributed by atoms with Crippen LogP contribution in [0.25, 0.3) is 6.08 Å². The lowest BCUT2D eigenvalue weighted by molar-refractivity contribution is -0.116. The van der Waals surface area contributed by atoms with Crippen molar-refractivity contribution in [2.24, 2.45) is 0 Å². The lowest BCUT2D eigenvalue weighted by atomic mass is 10.1. The second-order valence-electron chi connectivity index (χ2n) is 4.52. The van der Waals surface area contributed by atoms with E-state index in [1.807, 2.05) is 24.4 Å². The molecule has 0 radical (unpaired) electrons. The summed E-state index contributed by atoms with van der Waals surface area (Å²) < 4.78 is 0.932. The van der Waals surface area contributed by atoms with E-state index in [0.717, 1.165) is 4.47 Å². The Hall–Kier alpha value is -1.79. The number of aromatic nitrogens is 1. The minimum Gasteiger partial charge on any atom is -0.289 e. The van der Waals surface area contributed by atoms with Crippen LogP contribution in [0.3, 0.4) is 0 Å². The number of amides is 1. The van der Waals surface area contributed by atoms with Crippen LogP contribution in [0.15, 0.2) is 40.2 Å². The number of rotatable bonds is 5. The highest BCUT2D eigenvalue weighted by atomic mass is 79.9. The second kappa shape index (κ2) is 7.47. The first-order chi connectivity index (χ1) is 10.5. The van der Waals surface area contributed by atoms with Crippen molar-refractivity contribution in [3.05, 3.63) is 51.5 Å². The van der Waals surface area contributed by atoms with Crippen molar-refractivity contribution in [1.82, 2.24) is 4.98 Å². The Labute approximate surface area is 141 Å². The summed E-state index contributed by atoms with van der Waals surface area (Å²) in [6, 6.07) is 7.18. The minimum absolute atomic E-state index is 0.0432. The topological polar surface area (TPSA) is 50.3 Å². The van der Waals surface area contributed by atoms with Crippen molar-refractivity contribution in [2.75, 3.05) is 11.4 Å². The molecule has 0 atom stereocenters. The molecular weight excluding hydrogens is 364 g/mol. The number of carbonyl (C=O) groups excluding carboxylic acids is 2. The summed E-state index contributed by atoms with van der Waals surface area (Å²) >= 11 is 4.72. The zero-order valence-electron chi connectivity index (χ0n) is 12.2. The molecule has 0 aliphatic carbocycles. The van der Waals surface area contributed by atoms with Gasteiger partial charge in [0.15, 0.2) is 10.9 Å². The number of anilines is 1. The summed E-state index contributed by atoms with van der Waals surface area (Å²) in [6.07, 6.45) is 3.16. The van der Waals surface area contributed by atoms with Gasteiger partial charge in [-0.3, -0.25) is 14.5 Å². The molecule has 1 aromatic carbocycles. The molecule has 0 spiro atoms. The number of thiazole rings is 1. The fourth-order valence-corrected chi connectivity index (χ4v) is 3.01. The highest BCUT2D eigenvalue weighted by molar-refractivity contribution is 9.10. The molecule has 2 rings (SSSR count). The number of halogens is 1. The van der Waals surface area contributed by atoms with Gasteiger partial charge in [-0.05, 0) is 43.3 Å². The Morgan fingerprint density at radius 2 is 2.00 bits per heavy atom. The van der Waals surface area contributed by atoms with Crippen LogP contribution in [0.1, 0.15) is 29.9 Å². The molecule has 0 aliphatic heterocycles. The molecule has 0 unspecified atom stereocenters. The Morgan fingerprint density at radius 1 is 1.32 bits per heavy atom. The van der Waals surface area contributed by atoms with Crippen LogP contribution in [-0.2, 0) is 4.79 Å². The summed E-state index contributed by atoms with van der Waals surface area (Å²) in [5.41, 5.74) is 1.29. The minimum atomic E-state index is -0.0824. The van der Waals surface area contributed by atoms with Crippen LogP contribution < -0.4 is 4.90 Å². The van der Waals surface area contributed by atoms with E-state index in [-0.39, 0.29) is 11.7 Å². The molecular formula is C16H15BrN2O2S. The van der Waals surface area contributed by atoms with E-state index in [9.17, 15) is 9.59 Å². The molecule has 1 amide bonds. The van der Waals surface area contributed by atoms with Crippen molar-refractivity contribution >= 4 is 50.2 Å². The summed E-state index contributed by atoms with van der Waals surface area (Å²) in [5.74, 6) is -0.126. The van der Waals surface area contributed by atoms with Gasteiger partial charge in [-0.15, -0.1) is 11.3 Å². The maximum Gasteiger partial charge on any atom is 0.225 e. The third-order valence-corrected chi connectivity index (χ3v) is 4.38. The van der Waals surface area contributed by atoms with Gasteiger partial charge in [0.1, 0.15) is 0 Å². The monoisotopic (exact) mass is 378 g/mol. The third kappa shape index (κ3) is 4.11. The molecule has 0 bridgehead atoms. The SMILES string of the molecule is CCN(C(C)=O)c1nc(C=CC(=O)c2ccc(Br)cc2)cs1. The zero-order valence-corrected chi connectivity index (χ0v) is 14.6. The van der Waals surface area contributed by atoms with Gasteiger partial charge in [0, 0.05) is 28.9 Å². The van der Waals surface area contributed by atoms with Gasteiger partial charge in [0.2, 0.25) is 5.91 Å². The second-order valence-corrected chi connectivity index (χ2v) is 6.27. The molecule has 6 heteroatoms. The molecule has 0 fully saturated rings. The molecule has 0 saturated carbocycles. The first-order valence-corrected chi connectivity index (χ1v) is 8.40. The van der Waals surface area contributed by atoms with Gasteiger partial charge in [-0.1, -0.05) is 15.9 Å². The predicted octanol–water partition coefficient (Wildman–Crippen LogP) is 4.17. The smallest absolute Gasteiger partial charge is 0.225 e. The van der Waals surface area contributed by atoms with Crippen LogP contribution in [-0.4, -0.2) is 23.2 Å². The van der Waals surface area contributed by atoms with Gasteiger partial charge in [-0.2, -0.15) is 0 Å². The van der Waals surface area contributed by atoms with Gasteiger partial charge in [0.25, 0.3) is 0 Å². The quantitative estimate of drug-likeness (QED) is 0.579. The van der Waals surface area contributed by atoms with E-state index in [0.29, 0.717) is 22.9 Å². The van der Waals surface area contributed by atoms with Crippen LogP contribution in [0.5, 0.6) is 0 Å². The Balaban J connectivity index is 2.10. The van der Waals surface area contributed by atoms with E-state index in [2.05, 4.69) is 20.9 Å². The van der Waals surface area contributed by atoms with Gasteiger partial charge in [-0.25, -0.2) is 4.98 Å². The summed E-state index contributed by atoms with van der Waals surface area (Å²) in [6.45, 7) is 3.98. The van der Waals surface area contributed by atoms with E-state index in [1.54, 1.807) is 23.1 Å². The molecule has 22 heavy (non-hydrogen) atoms. The predicted molar refractivity (Wildman–Crippen MR) is 93.3 cm³/mol. The fraction of sp³-hybridized carbons (Fsp3) is 0.188. The number of hydrogen-bond donors (Lipinski definition) is 0. The highest BCUT2D eigenvalue weighted by Gasteiger charge is 2.12. The van der Waals surface area contributed by atoms with Gasteiger partial charge in [0.05, 0.1) is 5.69 Å². The standard InChI is InChI=1S/C16H15BrN2O2S/c1-3-19(11(2)20)16-18-14(10-22-16)8-9-15(21)12-4-6-13(17)7-5-12/h4-10H,3H2,1-2H3. The molecule has 0 saturated heterocycles. The van der Waals surface area contributed by atoms with E-state index in [4.69, 9.17) is 0 Å². The average molecular weight is 379 g/mol. The fourth-order valence-electron chi connectivity index (χ4n) is 1.84. The Morgan fingerprint density at radius 3 is 2.59 bits per heavy atom. The number of nitrogens with zero attached hydrogens (tertiary/aromatic N) is 2. The number of benzene rings is 1. The number of carbonyl (C=O) groups is 2. The van der Waals surface area contributed by atoms with Crippen molar-refractivity contribution < 1.29 is 9.59 Å². The van der Waals surface area contributed by atoms with Crippen molar-refractivity contribution in [3.8, 4) is 0 Å². The van der Waals surface area contributed by atoms with Crippen LogP contribution in [0, 0.1) is 0 Å². The molecule has 0 aliphatic rings. The normalized spacial score (nSPS) is 10.9. The number of allylic oxidation sites excluding steroid dienone is 1. The Kier molecular flexibility index (Phi) is 5.63. The van der Waals surface area contributed by atoms with Gasteiger partial charge >= 0.3 is 0 Å². The maximum atomic E-state index is 12.0. The largest absolute Gasteiger partial charge is 0.289 e. The molecule has 2 aromatic rings. The lowest BCUT2D eigenvalue weighted by Crippen LogP contribution is -2.27. The maximum absolute atomic E-state index is 12.0. The van der Waals surface area contributed by atoms with Crippen molar-refractivity contribution in [2.45, 2.75) is 13.8 Å². The molecule has 0 N–H and O–H groups in total. The van der Waals surface area contributed by atoms with E-state index < -0.39 is 0 Å². The summed E-state index contributed by atoms with van der Waals surface area (Å²) in [4.78, 5) is 29.5. The van der Waals surface area contributed by atoms with Crippen LogP contribution in [0.2, 0.25) is 0 Å². The Bertz CT molecular complexity index is 707. The highest BCUT2D eigenvalue weighted by Crippen LogP contribution is 2.21. The first kappa shape index (κ1) is 16.6. The molecule has 114 valence electrons. The lowest BCUT2D eigenvalue weighted by Gasteiger charge is -2.14.